The zero-order valence-corrected chi connectivity index (χ0v) is 12.7. The molecule has 2 rings (SSSR count). The third-order valence-electron chi connectivity index (χ3n) is 4.73. The maximum absolute atomic E-state index is 4.35. The first-order valence-corrected chi connectivity index (χ1v) is 7.97. The molecule has 1 saturated carbocycles. The molecular formula is C16H29N3. The number of aryl methyl sites for hydroxylation is 1. The summed E-state index contributed by atoms with van der Waals surface area (Å²) < 4.78 is 2.04. The lowest BCUT2D eigenvalue weighted by atomic mass is 9.77. The van der Waals surface area contributed by atoms with Gasteiger partial charge < -0.3 is 5.32 Å². The molecule has 3 nitrogen and oxygen atoms in total. The number of nitrogens with zero attached hydrogens (tertiary/aromatic N) is 2. The molecule has 1 aromatic rings. The van der Waals surface area contributed by atoms with Gasteiger partial charge in [-0.3, -0.25) is 4.68 Å². The van der Waals surface area contributed by atoms with Crippen molar-refractivity contribution in [2.75, 3.05) is 6.54 Å². The smallest absolute Gasteiger partial charge is 0.0553 e. The molecule has 1 atom stereocenters. The second-order valence-electron chi connectivity index (χ2n) is 6.00. The first kappa shape index (κ1) is 14.6. The monoisotopic (exact) mass is 263 g/mol. The molecule has 0 saturated heterocycles. The van der Waals surface area contributed by atoms with Crippen molar-refractivity contribution in [3.63, 3.8) is 0 Å². The SMILES string of the molecule is CCCNC(c1ccnn1C)C1CCC(CC)CC1. The van der Waals surface area contributed by atoms with Crippen molar-refractivity contribution in [3.05, 3.63) is 18.0 Å². The fourth-order valence-corrected chi connectivity index (χ4v) is 3.43. The van der Waals surface area contributed by atoms with E-state index in [1.165, 1.54) is 44.2 Å². The second kappa shape index (κ2) is 7.09. The molecule has 0 amide bonds. The number of aromatic nitrogens is 2. The van der Waals surface area contributed by atoms with Crippen LogP contribution in [0.4, 0.5) is 0 Å². The van der Waals surface area contributed by atoms with Gasteiger partial charge in [0.25, 0.3) is 0 Å². The Morgan fingerprint density at radius 2 is 2.05 bits per heavy atom. The zero-order chi connectivity index (χ0) is 13.7. The molecule has 19 heavy (non-hydrogen) atoms. The molecule has 1 aliphatic rings. The lowest BCUT2D eigenvalue weighted by Gasteiger charge is -2.34. The summed E-state index contributed by atoms with van der Waals surface area (Å²) >= 11 is 0. The van der Waals surface area contributed by atoms with Gasteiger partial charge in [-0.1, -0.05) is 33.1 Å². The Balaban J connectivity index is 2.04. The Morgan fingerprint density at radius 3 is 2.58 bits per heavy atom. The fraction of sp³-hybridized carbons (Fsp3) is 0.812. The van der Waals surface area contributed by atoms with Crippen LogP contribution >= 0.6 is 0 Å². The highest BCUT2D eigenvalue weighted by molar-refractivity contribution is 5.08. The second-order valence-corrected chi connectivity index (χ2v) is 6.00. The van der Waals surface area contributed by atoms with Crippen LogP contribution in [-0.2, 0) is 7.05 Å². The van der Waals surface area contributed by atoms with Gasteiger partial charge in [0, 0.05) is 13.2 Å². The molecule has 0 bridgehead atoms. The van der Waals surface area contributed by atoms with Crippen molar-refractivity contribution < 1.29 is 0 Å². The zero-order valence-electron chi connectivity index (χ0n) is 12.7. The molecule has 1 fully saturated rings. The number of nitrogens with one attached hydrogen (secondary N) is 1. The Morgan fingerprint density at radius 1 is 1.32 bits per heavy atom. The summed E-state index contributed by atoms with van der Waals surface area (Å²) in [5, 5.41) is 8.10. The van der Waals surface area contributed by atoms with Crippen LogP contribution in [-0.4, -0.2) is 16.3 Å². The lowest BCUT2D eigenvalue weighted by Crippen LogP contribution is -2.33. The van der Waals surface area contributed by atoms with Crippen LogP contribution < -0.4 is 5.32 Å². The summed E-state index contributed by atoms with van der Waals surface area (Å²) in [6.07, 6.45) is 10.0. The quantitative estimate of drug-likeness (QED) is 0.848. The maximum atomic E-state index is 4.35. The van der Waals surface area contributed by atoms with Gasteiger partial charge in [-0.25, -0.2) is 0 Å². The molecular weight excluding hydrogens is 234 g/mol. The minimum atomic E-state index is 0.491. The topological polar surface area (TPSA) is 29.9 Å². The molecule has 0 spiro atoms. The first-order chi connectivity index (χ1) is 9.26. The van der Waals surface area contributed by atoms with Crippen molar-refractivity contribution in [2.45, 2.75) is 58.4 Å². The van der Waals surface area contributed by atoms with Crippen LogP contribution in [0.2, 0.25) is 0 Å². The van der Waals surface area contributed by atoms with Gasteiger partial charge in [-0.2, -0.15) is 5.10 Å². The van der Waals surface area contributed by atoms with E-state index in [1.807, 2.05) is 10.9 Å². The Kier molecular flexibility index (Phi) is 5.44. The molecule has 0 aromatic carbocycles. The van der Waals surface area contributed by atoms with E-state index in [1.54, 1.807) is 0 Å². The third kappa shape index (κ3) is 3.59. The van der Waals surface area contributed by atoms with Gasteiger partial charge in [-0.05, 0) is 43.7 Å². The predicted octanol–water partition coefficient (Wildman–Crippen LogP) is 3.68. The van der Waals surface area contributed by atoms with Gasteiger partial charge in [0.2, 0.25) is 0 Å². The van der Waals surface area contributed by atoms with Gasteiger partial charge in [0.05, 0.1) is 11.7 Å². The highest BCUT2D eigenvalue weighted by atomic mass is 15.3. The van der Waals surface area contributed by atoms with E-state index in [0.717, 1.165) is 18.4 Å². The van der Waals surface area contributed by atoms with Crippen molar-refractivity contribution in [1.29, 1.82) is 0 Å². The van der Waals surface area contributed by atoms with Crippen molar-refractivity contribution in [3.8, 4) is 0 Å². The molecule has 0 aliphatic heterocycles. The van der Waals surface area contributed by atoms with Crippen molar-refractivity contribution in [2.24, 2.45) is 18.9 Å². The Bertz CT molecular complexity index is 364. The average molecular weight is 263 g/mol. The predicted molar refractivity (Wildman–Crippen MR) is 80.0 cm³/mol. The molecule has 1 N–H and O–H groups in total. The molecule has 0 radical (unpaired) electrons. The van der Waals surface area contributed by atoms with Crippen LogP contribution in [0.15, 0.2) is 12.3 Å². The number of hydrogen-bond donors (Lipinski definition) is 1. The van der Waals surface area contributed by atoms with E-state index < -0.39 is 0 Å². The normalized spacial score (nSPS) is 25.4. The standard InChI is InChI=1S/C16H29N3/c1-4-11-17-16(15-10-12-18-19(15)3)14-8-6-13(5-2)7-9-14/h10,12-14,16-17H,4-9,11H2,1-3H3. The highest BCUT2D eigenvalue weighted by Gasteiger charge is 2.29. The minimum absolute atomic E-state index is 0.491. The van der Waals surface area contributed by atoms with Crippen LogP contribution in [0.25, 0.3) is 0 Å². The summed E-state index contributed by atoms with van der Waals surface area (Å²) in [5.74, 6) is 1.75. The highest BCUT2D eigenvalue weighted by Crippen LogP contribution is 2.37. The lowest BCUT2D eigenvalue weighted by molar-refractivity contribution is 0.213. The molecule has 1 unspecified atom stereocenters. The van der Waals surface area contributed by atoms with Crippen molar-refractivity contribution in [1.82, 2.24) is 15.1 Å². The molecule has 1 aromatic heterocycles. The Labute approximate surface area is 117 Å². The van der Waals surface area contributed by atoms with Crippen LogP contribution in [0.3, 0.4) is 0 Å². The summed E-state index contributed by atoms with van der Waals surface area (Å²) in [5.41, 5.74) is 1.35. The van der Waals surface area contributed by atoms with Crippen LogP contribution in [0, 0.1) is 11.8 Å². The number of hydrogen-bond acceptors (Lipinski definition) is 2. The largest absolute Gasteiger partial charge is 0.308 e. The van der Waals surface area contributed by atoms with E-state index in [4.69, 9.17) is 0 Å². The third-order valence-corrected chi connectivity index (χ3v) is 4.73. The summed E-state index contributed by atoms with van der Waals surface area (Å²) in [6.45, 7) is 5.67. The van der Waals surface area contributed by atoms with Gasteiger partial charge in [0.15, 0.2) is 0 Å². The van der Waals surface area contributed by atoms with Crippen LogP contribution in [0.5, 0.6) is 0 Å². The summed E-state index contributed by atoms with van der Waals surface area (Å²) in [7, 11) is 2.06. The van der Waals surface area contributed by atoms with Gasteiger partial charge in [0.1, 0.15) is 0 Å². The van der Waals surface area contributed by atoms with E-state index in [-0.39, 0.29) is 0 Å². The van der Waals surface area contributed by atoms with Crippen LogP contribution in [0.1, 0.15) is 64.1 Å². The van der Waals surface area contributed by atoms with E-state index >= 15 is 0 Å². The summed E-state index contributed by atoms with van der Waals surface area (Å²) in [6, 6.07) is 2.67. The molecule has 1 aliphatic carbocycles. The van der Waals surface area contributed by atoms with Gasteiger partial charge in [-0.15, -0.1) is 0 Å². The maximum Gasteiger partial charge on any atom is 0.0553 e. The van der Waals surface area contributed by atoms with Gasteiger partial charge >= 0.3 is 0 Å². The first-order valence-electron chi connectivity index (χ1n) is 7.97. The van der Waals surface area contributed by atoms with E-state index in [0.29, 0.717) is 6.04 Å². The minimum Gasteiger partial charge on any atom is -0.308 e. The number of rotatable bonds is 6. The fourth-order valence-electron chi connectivity index (χ4n) is 3.43. The molecule has 108 valence electrons. The van der Waals surface area contributed by atoms with E-state index in [2.05, 4.69) is 37.4 Å². The molecule has 1 heterocycles. The molecule has 3 heteroatoms. The van der Waals surface area contributed by atoms with Crippen molar-refractivity contribution >= 4 is 0 Å². The Hall–Kier alpha value is -0.830. The summed E-state index contributed by atoms with van der Waals surface area (Å²) in [4.78, 5) is 0. The average Bonchev–Trinajstić information content (AvgIpc) is 2.86. The van der Waals surface area contributed by atoms with E-state index in [9.17, 15) is 0 Å².